The number of amides is 4. The van der Waals surface area contributed by atoms with Crippen LogP contribution in [0.2, 0.25) is 0 Å². The Balaban J connectivity index is 1.31. The number of urea groups is 1. The van der Waals surface area contributed by atoms with E-state index in [9.17, 15) is 14.4 Å². The molecule has 2 heterocycles. The lowest BCUT2D eigenvalue weighted by molar-refractivity contribution is -0.157. The van der Waals surface area contributed by atoms with Gasteiger partial charge in [0.25, 0.3) is 0 Å². The first-order chi connectivity index (χ1) is 21.0. The second kappa shape index (κ2) is 12.7. The predicted octanol–water partition coefficient (Wildman–Crippen LogP) is 4.80. The Morgan fingerprint density at radius 1 is 0.860 bits per heavy atom. The molecule has 4 aromatic rings. The third-order valence-electron chi connectivity index (χ3n) is 8.35. The smallest absolute Gasteiger partial charge is 0.332 e. The molecule has 1 N–H and O–H groups in total. The zero-order valence-electron chi connectivity index (χ0n) is 24.4. The Hall–Kier alpha value is -4.69. The number of benzene rings is 4. The number of nitrogens with one attached hydrogen (secondary N) is 1. The fraction of sp³-hybridized carbons (Fsp3) is 0.286. The standard InChI is InChI=1S/C35H37N5O3/c1-2-20-38(35(43)36-22-27-14-7-4-8-15-27)39-25-33(41)40-31(21-26-12-5-3-6-13-26)34(42)37(24-32(39)40)23-29-18-11-17-28-16-9-10-19-30(28)29/h3-19,31-32H,2,20-25H2,1H3,(H,36,43)/t31-,32+/m0/s1. The van der Waals surface area contributed by atoms with Crippen LogP contribution in [0.3, 0.4) is 0 Å². The maximum atomic E-state index is 14.2. The number of hydrogen-bond donors (Lipinski definition) is 1. The minimum Gasteiger partial charge on any atom is -0.333 e. The lowest BCUT2D eigenvalue weighted by Crippen LogP contribution is -2.66. The van der Waals surface area contributed by atoms with Crippen molar-refractivity contribution in [2.75, 3.05) is 19.6 Å². The number of rotatable bonds is 9. The Labute approximate surface area is 252 Å². The molecule has 4 amide bonds. The summed E-state index contributed by atoms with van der Waals surface area (Å²) in [6.45, 7) is 3.64. The van der Waals surface area contributed by atoms with Crippen molar-refractivity contribution < 1.29 is 14.4 Å². The summed E-state index contributed by atoms with van der Waals surface area (Å²) in [7, 11) is 0. The maximum absolute atomic E-state index is 14.2. The van der Waals surface area contributed by atoms with Crippen LogP contribution in [-0.2, 0) is 29.1 Å². The monoisotopic (exact) mass is 575 g/mol. The highest BCUT2D eigenvalue weighted by Gasteiger charge is 2.52. The van der Waals surface area contributed by atoms with Crippen molar-refractivity contribution in [2.45, 2.75) is 45.1 Å². The molecular weight excluding hydrogens is 538 g/mol. The molecule has 2 saturated heterocycles. The lowest BCUT2D eigenvalue weighted by Gasteiger charge is -2.46. The average Bonchev–Trinajstić information content (AvgIpc) is 3.36. The number of fused-ring (bicyclic) bond motifs is 2. The Bertz CT molecular complexity index is 1590. The summed E-state index contributed by atoms with van der Waals surface area (Å²) in [6.07, 6.45) is 0.681. The highest BCUT2D eigenvalue weighted by molar-refractivity contribution is 5.92. The molecule has 6 rings (SSSR count). The zero-order valence-corrected chi connectivity index (χ0v) is 24.4. The lowest BCUT2D eigenvalue weighted by atomic mass is 9.99. The first kappa shape index (κ1) is 28.4. The van der Waals surface area contributed by atoms with Gasteiger partial charge in [-0.2, -0.15) is 5.01 Å². The van der Waals surface area contributed by atoms with Gasteiger partial charge < -0.3 is 15.1 Å². The number of hydrogen-bond acceptors (Lipinski definition) is 4. The van der Waals surface area contributed by atoms with E-state index in [1.54, 1.807) is 9.91 Å². The molecule has 220 valence electrons. The zero-order chi connectivity index (χ0) is 29.8. The second-order valence-electron chi connectivity index (χ2n) is 11.2. The van der Waals surface area contributed by atoms with Gasteiger partial charge in [0.1, 0.15) is 12.2 Å². The fourth-order valence-corrected chi connectivity index (χ4v) is 6.29. The summed E-state index contributed by atoms with van der Waals surface area (Å²) in [5.74, 6) is -0.208. The Morgan fingerprint density at radius 3 is 2.28 bits per heavy atom. The van der Waals surface area contributed by atoms with E-state index >= 15 is 0 Å². The van der Waals surface area contributed by atoms with Gasteiger partial charge in [-0.05, 0) is 33.9 Å². The van der Waals surface area contributed by atoms with Crippen molar-refractivity contribution in [2.24, 2.45) is 0 Å². The second-order valence-corrected chi connectivity index (χ2v) is 11.2. The van der Waals surface area contributed by atoms with Gasteiger partial charge in [0.2, 0.25) is 11.8 Å². The number of piperazine rings is 1. The summed E-state index contributed by atoms with van der Waals surface area (Å²) in [4.78, 5) is 45.0. The SMILES string of the molecule is CCCN(C(=O)NCc1ccccc1)N1CC(=O)N2[C@@H](Cc3ccccc3)C(=O)N(Cc3cccc4ccccc34)C[C@@H]21. The molecule has 4 aromatic carbocycles. The number of carbonyl (C=O) groups excluding carboxylic acids is 3. The Kier molecular flexibility index (Phi) is 8.38. The third kappa shape index (κ3) is 5.96. The van der Waals surface area contributed by atoms with Crippen molar-refractivity contribution in [1.29, 1.82) is 0 Å². The Morgan fingerprint density at radius 2 is 1.53 bits per heavy atom. The fourth-order valence-electron chi connectivity index (χ4n) is 6.29. The maximum Gasteiger partial charge on any atom is 0.332 e. The first-order valence-corrected chi connectivity index (χ1v) is 15.0. The van der Waals surface area contributed by atoms with Crippen molar-refractivity contribution in [3.05, 3.63) is 120 Å². The molecule has 0 saturated carbocycles. The average molecular weight is 576 g/mol. The predicted molar refractivity (Wildman–Crippen MR) is 166 cm³/mol. The van der Waals surface area contributed by atoms with Gasteiger partial charge in [-0.25, -0.2) is 4.79 Å². The highest BCUT2D eigenvalue weighted by Crippen LogP contribution is 2.31. The van der Waals surface area contributed by atoms with Crippen LogP contribution < -0.4 is 5.32 Å². The van der Waals surface area contributed by atoms with Crippen LogP contribution in [0.25, 0.3) is 10.8 Å². The van der Waals surface area contributed by atoms with Crippen LogP contribution in [0.4, 0.5) is 4.79 Å². The normalized spacial score (nSPS) is 18.6. The van der Waals surface area contributed by atoms with E-state index in [4.69, 9.17) is 0 Å². The van der Waals surface area contributed by atoms with Crippen LogP contribution in [-0.4, -0.2) is 69.5 Å². The van der Waals surface area contributed by atoms with Gasteiger partial charge in [0.15, 0.2) is 0 Å². The minimum absolute atomic E-state index is 0.0457. The molecule has 0 spiro atoms. The molecule has 0 bridgehead atoms. The van der Waals surface area contributed by atoms with E-state index in [0.29, 0.717) is 32.6 Å². The minimum atomic E-state index is -0.663. The molecule has 0 radical (unpaired) electrons. The summed E-state index contributed by atoms with van der Waals surface area (Å²) >= 11 is 0. The topological polar surface area (TPSA) is 76.2 Å². The van der Waals surface area contributed by atoms with E-state index in [0.717, 1.165) is 33.9 Å². The van der Waals surface area contributed by atoms with Crippen molar-refractivity contribution in [1.82, 2.24) is 25.1 Å². The molecule has 2 atom stereocenters. The molecule has 8 heteroatoms. The van der Waals surface area contributed by atoms with Gasteiger partial charge >= 0.3 is 6.03 Å². The van der Waals surface area contributed by atoms with Crippen LogP contribution in [0.5, 0.6) is 0 Å². The van der Waals surface area contributed by atoms with Crippen LogP contribution in [0.1, 0.15) is 30.0 Å². The summed E-state index contributed by atoms with van der Waals surface area (Å²) in [6, 6.07) is 33.0. The van der Waals surface area contributed by atoms with E-state index < -0.39 is 12.2 Å². The van der Waals surface area contributed by atoms with Crippen molar-refractivity contribution in [3.8, 4) is 0 Å². The molecule has 2 fully saturated rings. The first-order valence-electron chi connectivity index (χ1n) is 15.0. The molecule has 2 aliphatic rings. The summed E-state index contributed by atoms with van der Waals surface area (Å²) in [5.41, 5.74) is 3.04. The van der Waals surface area contributed by atoms with Gasteiger partial charge in [-0.3, -0.25) is 14.6 Å². The quantitative estimate of drug-likeness (QED) is 0.311. The highest BCUT2D eigenvalue weighted by atomic mass is 16.2. The van der Waals surface area contributed by atoms with Gasteiger partial charge in [-0.15, -0.1) is 0 Å². The molecule has 2 aliphatic heterocycles. The summed E-state index contributed by atoms with van der Waals surface area (Å²) < 4.78 is 0. The van der Waals surface area contributed by atoms with Gasteiger partial charge in [0.05, 0.1) is 13.1 Å². The molecule has 43 heavy (non-hydrogen) atoms. The van der Waals surface area contributed by atoms with E-state index in [-0.39, 0.29) is 24.4 Å². The van der Waals surface area contributed by atoms with Gasteiger partial charge in [0, 0.05) is 26.1 Å². The molecule has 0 aromatic heterocycles. The van der Waals surface area contributed by atoms with Crippen molar-refractivity contribution in [3.63, 3.8) is 0 Å². The summed E-state index contributed by atoms with van der Waals surface area (Å²) in [5, 5.41) is 8.79. The molecule has 8 nitrogen and oxygen atoms in total. The van der Waals surface area contributed by atoms with Crippen LogP contribution >= 0.6 is 0 Å². The van der Waals surface area contributed by atoms with Crippen LogP contribution in [0.15, 0.2) is 103 Å². The molecule has 0 aliphatic carbocycles. The number of nitrogens with zero attached hydrogens (tertiary/aromatic N) is 4. The largest absolute Gasteiger partial charge is 0.333 e. The third-order valence-corrected chi connectivity index (χ3v) is 8.35. The molecule has 0 unspecified atom stereocenters. The van der Waals surface area contributed by atoms with Crippen LogP contribution in [0, 0.1) is 0 Å². The van der Waals surface area contributed by atoms with Gasteiger partial charge in [-0.1, -0.05) is 110 Å². The molecular formula is C35H37N5O3. The van der Waals surface area contributed by atoms with E-state index in [2.05, 4.69) is 29.6 Å². The number of carbonyl (C=O) groups is 3. The number of hydrazine groups is 1. The van der Waals surface area contributed by atoms with E-state index in [1.165, 1.54) is 0 Å². The van der Waals surface area contributed by atoms with Crippen molar-refractivity contribution >= 4 is 28.6 Å². The van der Waals surface area contributed by atoms with E-state index in [1.807, 2.05) is 95.7 Å².